The average Bonchev–Trinajstić information content (AvgIpc) is 2.94. The minimum Gasteiger partial charge on any atom is -0.490 e. The number of aryl methyl sites for hydroxylation is 1. The molecule has 144 valence electrons. The molecule has 1 aliphatic heterocycles. The lowest BCUT2D eigenvalue weighted by Gasteiger charge is -2.14. The van der Waals surface area contributed by atoms with Gasteiger partial charge in [-0.15, -0.1) is 0 Å². The third kappa shape index (κ3) is 4.46. The highest BCUT2D eigenvalue weighted by molar-refractivity contribution is 8.27. The molecule has 3 rings (SSSR count). The Morgan fingerprint density at radius 2 is 2.00 bits per heavy atom. The first-order valence-corrected chi connectivity index (χ1v) is 10.1. The average molecular weight is 412 g/mol. The molecule has 28 heavy (non-hydrogen) atoms. The summed E-state index contributed by atoms with van der Waals surface area (Å²) in [6.07, 6.45) is 3.51. The van der Waals surface area contributed by atoms with Crippen molar-refractivity contribution < 1.29 is 14.3 Å². The van der Waals surface area contributed by atoms with Crippen LogP contribution in [0.3, 0.4) is 0 Å². The van der Waals surface area contributed by atoms with E-state index in [1.54, 1.807) is 11.0 Å². The van der Waals surface area contributed by atoms with E-state index in [0.29, 0.717) is 33.9 Å². The van der Waals surface area contributed by atoms with Crippen molar-refractivity contribution in [2.24, 2.45) is 0 Å². The van der Waals surface area contributed by atoms with Crippen LogP contribution in [0.5, 0.6) is 11.5 Å². The van der Waals surface area contributed by atoms with E-state index in [-0.39, 0.29) is 5.91 Å². The Morgan fingerprint density at radius 1 is 1.18 bits per heavy atom. The molecule has 0 saturated carbocycles. The number of hydrogen-bond acceptors (Lipinski definition) is 5. The second-order valence-corrected chi connectivity index (χ2v) is 7.77. The molecule has 0 atom stereocenters. The number of carbonyl (C=O) groups is 1. The number of thioether (sulfide) groups is 1. The Bertz CT molecular complexity index is 953. The highest BCUT2D eigenvalue weighted by atomic mass is 32.2. The van der Waals surface area contributed by atoms with Crippen LogP contribution in [0.25, 0.3) is 6.08 Å². The van der Waals surface area contributed by atoms with Crippen LogP contribution in [-0.2, 0) is 4.79 Å². The molecule has 0 bridgehead atoms. The Labute approximate surface area is 174 Å². The number of amides is 1. The molecule has 0 N–H and O–H groups in total. The molecular formula is C22H21NO3S2. The smallest absolute Gasteiger partial charge is 0.270 e. The summed E-state index contributed by atoms with van der Waals surface area (Å²) in [5.41, 5.74) is 2.71. The second kappa shape index (κ2) is 9.08. The summed E-state index contributed by atoms with van der Waals surface area (Å²) in [4.78, 5) is 15.1. The van der Waals surface area contributed by atoms with Crippen molar-refractivity contribution in [2.75, 3.05) is 18.1 Å². The molecule has 1 saturated heterocycles. The van der Waals surface area contributed by atoms with E-state index in [4.69, 9.17) is 21.7 Å². The summed E-state index contributed by atoms with van der Waals surface area (Å²) >= 11 is 6.74. The topological polar surface area (TPSA) is 38.8 Å². The first kappa shape index (κ1) is 20.2. The second-order valence-electron chi connectivity index (χ2n) is 6.09. The van der Waals surface area contributed by atoms with Gasteiger partial charge in [-0.25, -0.2) is 0 Å². The minimum absolute atomic E-state index is 0.120. The van der Waals surface area contributed by atoms with E-state index in [2.05, 4.69) is 6.58 Å². The fourth-order valence-electron chi connectivity index (χ4n) is 2.76. The normalized spacial score (nSPS) is 15.2. The number of ether oxygens (including phenoxy) is 2. The van der Waals surface area contributed by atoms with Gasteiger partial charge in [-0.1, -0.05) is 54.8 Å². The standard InChI is InChI=1S/C22H21NO3S2/c1-4-11-26-18-10-9-16(13-19(18)25-5-2)14-20-21(24)23(22(27)28-20)17-8-6-7-15(3)12-17/h4,6-10,12-14H,1,5,11H2,2-3H3/b20-14-. The van der Waals surface area contributed by atoms with Gasteiger partial charge in [0.25, 0.3) is 5.91 Å². The molecule has 4 nitrogen and oxygen atoms in total. The van der Waals surface area contributed by atoms with Gasteiger partial charge in [0.2, 0.25) is 0 Å². The monoisotopic (exact) mass is 411 g/mol. The van der Waals surface area contributed by atoms with Crippen molar-refractivity contribution in [3.63, 3.8) is 0 Å². The van der Waals surface area contributed by atoms with Gasteiger partial charge in [0.15, 0.2) is 15.8 Å². The molecule has 6 heteroatoms. The summed E-state index contributed by atoms with van der Waals surface area (Å²) in [6, 6.07) is 13.3. The van der Waals surface area contributed by atoms with Crippen molar-refractivity contribution in [3.05, 3.63) is 71.2 Å². The summed E-state index contributed by atoms with van der Waals surface area (Å²) in [5, 5.41) is 0. The number of benzene rings is 2. The van der Waals surface area contributed by atoms with Gasteiger partial charge in [-0.2, -0.15) is 0 Å². The molecule has 0 radical (unpaired) electrons. The number of hydrogen-bond donors (Lipinski definition) is 0. The van der Waals surface area contributed by atoms with Crippen molar-refractivity contribution in [3.8, 4) is 11.5 Å². The van der Waals surface area contributed by atoms with Gasteiger partial charge >= 0.3 is 0 Å². The molecule has 1 fully saturated rings. The molecule has 0 unspecified atom stereocenters. The summed E-state index contributed by atoms with van der Waals surface area (Å²) in [5.74, 6) is 1.16. The largest absolute Gasteiger partial charge is 0.490 e. The van der Waals surface area contributed by atoms with Gasteiger partial charge in [-0.05, 0) is 55.3 Å². The zero-order chi connectivity index (χ0) is 20.1. The molecule has 0 aromatic heterocycles. The van der Waals surface area contributed by atoms with Crippen LogP contribution in [0.1, 0.15) is 18.1 Å². The van der Waals surface area contributed by atoms with Crippen LogP contribution in [0, 0.1) is 6.92 Å². The number of thiocarbonyl (C=S) groups is 1. The van der Waals surface area contributed by atoms with E-state index in [0.717, 1.165) is 16.8 Å². The van der Waals surface area contributed by atoms with E-state index >= 15 is 0 Å². The highest BCUT2D eigenvalue weighted by Gasteiger charge is 2.33. The van der Waals surface area contributed by atoms with Crippen LogP contribution in [0.15, 0.2) is 60.0 Å². The summed E-state index contributed by atoms with van der Waals surface area (Å²) in [6.45, 7) is 8.47. The number of rotatable bonds is 7. The third-order valence-corrected chi connectivity index (χ3v) is 5.28. The van der Waals surface area contributed by atoms with Crippen molar-refractivity contribution in [1.29, 1.82) is 0 Å². The Balaban J connectivity index is 1.89. The summed E-state index contributed by atoms with van der Waals surface area (Å²) in [7, 11) is 0. The van der Waals surface area contributed by atoms with Gasteiger partial charge in [0.05, 0.1) is 17.2 Å². The SMILES string of the molecule is C=CCOc1ccc(/C=C2\SC(=S)N(c3cccc(C)c3)C2=O)cc1OCC. The maximum Gasteiger partial charge on any atom is 0.270 e. The van der Waals surface area contributed by atoms with Crippen LogP contribution in [-0.4, -0.2) is 23.4 Å². The molecular weight excluding hydrogens is 390 g/mol. The molecule has 1 amide bonds. The van der Waals surface area contributed by atoms with Gasteiger partial charge in [-0.3, -0.25) is 9.69 Å². The first-order valence-electron chi connectivity index (χ1n) is 8.88. The van der Waals surface area contributed by atoms with E-state index < -0.39 is 0 Å². The van der Waals surface area contributed by atoms with Crippen molar-refractivity contribution in [1.82, 2.24) is 0 Å². The van der Waals surface area contributed by atoms with Crippen molar-refractivity contribution >= 4 is 46.0 Å². The van der Waals surface area contributed by atoms with Crippen LogP contribution < -0.4 is 14.4 Å². The summed E-state index contributed by atoms with van der Waals surface area (Å²) < 4.78 is 11.8. The fraction of sp³-hybridized carbons (Fsp3) is 0.182. The maximum atomic E-state index is 12.9. The zero-order valence-electron chi connectivity index (χ0n) is 15.8. The number of nitrogens with zero attached hydrogens (tertiary/aromatic N) is 1. The minimum atomic E-state index is -0.120. The predicted molar refractivity (Wildman–Crippen MR) is 120 cm³/mol. The third-order valence-electron chi connectivity index (χ3n) is 3.98. The molecule has 2 aromatic rings. The first-order chi connectivity index (χ1) is 13.5. The molecule has 1 heterocycles. The number of anilines is 1. The lowest BCUT2D eigenvalue weighted by Crippen LogP contribution is -2.27. The predicted octanol–water partition coefficient (Wildman–Crippen LogP) is 5.36. The lowest BCUT2D eigenvalue weighted by atomic mass is 10.1. The van der Waals surface area contributed by atoms with Crippen LogP contribution in [0.4, 0.5) is 5.69 Å². The Kier molecular flexibility index (Phi) is 6.54. The number of carbonyl (C=O) groups excluding carboxylic acids is 1. The van der Waals surface area contributed by atoms with Crippen LogP contribution >= 0.6 is 24.0 Å². The lowest BCUT2D eigenvalue weighted by molar-refractivity contribution is -0.113. The van der Waals surface area contributed by atoms with E-state index in [1.807, 2.05) is 62.4 Å². The van der Waals surface area contributed by atoms with Crippen LogP contribution in [0.2, 0.25) is 0 Å². The quantitative estimate of drug-likeness (QED) is 0.348. The zero-order valence-corrected chi connectivity index (χ0v) is 17.4. The van der Waals surface area contributed by atoms with Gasteiger partial charge in [0.1, 0.15) is 6.61 Å². The van der Waals surface area contributed by atoms with Crippen molar-refractivity contribution in [2.45, 2.75) is 13.8 Å². The van der Waals surface area contributed by atoms with Gasteiger partial charge in [0, 0.05) is 0 Å². The molecule has 2 aromatic carbocycles. The molecule has 1 aliphatic rings. The molecule has 0 aliphatic carbocycles. The maximum absolute atomic E-state index is 12.9. The van der Waals surface area contributed by atoms with Gasteiger partial charge < -0.3 is 9.47 Å². The van der Waals surface area contributed by atoms with E-state index in [1.165, 1.54) is 11.8 Å². The highest BCUT2D eigenvalue weighted by Crippen LogP contribution is 2.37. The van der Waals surface area contributed by atoms with E-state index in [9.17, 15) is 4.79 Å². The Hall–Kier alpha value is -2.57. The fourth-order valence-corrected chi connectivity index (χ4v) is 4.06. The Morgan fingerprint density at radius 3 is 2.71 bits per heavy atom. The molecule has 0 spiro atoms.